The standard InChI is InChI=1S/C20H25N5O.C19H21F2N5O.C19H21N5O2.C18H21N5O.C17H17Cl2N5O/c1-3-14-17(21)22-11-23-18(14)24-13-9-12(2)16-15(10-13)20(25-19(16)26)7-5-4-6-8-20;1-10-16(22)23-9-24-17(10)25-11-7-12(15(20)21)14-13(8-11)19(26-18(14)27)5-3-2-4-6-19;1-11-7-12(23-17-13(16(20)25)9-21-10-22-17)8-14-15(11)18(26)24-19(14)5-3-2-4-6-19;1-11-7-12(22-15-9-14(19)20-10-21-15)8-13-16(11)17(24)23-18(13)5-3-2-4-6-18;18-11-7-9(23-15-13(19)14(20)21-8-22-15)6-10-12(11)16(25)24-17(10)4-2-1-3-5-17/h9-11H,3-8H2,1-2H3,(H,25,26)(H3,21,22,23,24);7-9,15H,2-6H2,1H3,(H,26,27)(H3,22,23,24,25);7-10H,2-6H2,1H3,(H2,20,25)(H,24,26)(H,21,22,23);7-10H,2-6H2,1H3,(H,23,24)(H3,19,20,21,22);6-8H,1-5H2,(H,24,25)(H3,20,21,22,23). The molecule has 0 atom stereocenters. The average molecular weight is 1780 g/mol. The van der Waals surface area contributed by atoms with Crippen LogP contribution in [0, 0.1) is 27.7 Å². The summed E-state index contributed by atoms with van der Waals surface area (Å²) in [7, 11) is 0. The predicted molar refractivity (Wildman–Crippen MR) is 489 cm³/mol. The van der Waals surface area contributed by atoms with Gasteiger partial charge in [0, 0.05) is 74.1 Å². The first kappa shape index (κ1) is 88.4. The van der Waals surface area contributed by atoms with Crippen molar-refractivity contribution in [1.82, 2.24) is 76.4 Å². The first-order valence-electron chi connectivity index (χ1n) is 43.9. The number of hydrogen-bond donors (Lipinski definition) is 15. The van der Waals surface area contributed by atoms with Gasteiger partial charge in [-0.15, -0.1) is 0 Å². The van der Waals surface area contributed by atoms with Gasteiger partial charge in [-0.3, -0.25) is 28.8 Å². The van der Waals surface area contributed by atoms with Gasteiger partial charge in [0.15, 0.2) is 5.82 Å². The molecule has 35 heteroatoms. The van der Waals surface area contributed by atoms with Crippen molar-refractivity contribution >= 4 is 139 Å². The summed E-state index contributed by atoms with van der Waals surface area (Å²) in [4.78, 5) is 115. The maximum Gasteiger partial charge on any atom is 0.264 e. The van der Waals surface area contributed by atoms with E-state index < -0.39 is 23.8 Å². The molecule has 5 fully saturated rings. The lowest BCUT2D eigenvalue weighted by Gasteiger charge is -2.34. The maximum absolute atomic E-state index is 13.8. The van der Waals surface area contributed by atoms with Gasteiger partial charge in [-0.05, 0) is 203 Å². The van der Waals surface area contributed by atoms with E-state index in [1.807, 2.05) is 58.0 Å². The summed E-state index contributed by atoms with van der Waals surface area (Å²) >= 11 is 12.6. The minimum Gasteiger partial charge on any atom is -0.384 e. The van der Waals surface area contributed by atoms with Gasteiger partial charge in [0.25, 0.3) is 41.9 Å². The van der Waals surface area contributed by atoms with Crippen LogP contribution in [0.25, 0.3) is 0 Å². The van der Waals surface area contributed by atoms with Crippen molar-refractivity contribution in [3.8, 4) is 0 Å². The van der Waals surface area contributed by atoms with Crippen LogP contribution in [-0.4, -0.2) is 85.3 Å². The van der Waals surface area contributed by atoms with Crippen molar-refractivity contribution in [3.63, 3.8) is 0 Å². The third-order valence-corrected chi connectivity index (χ3v) is 27.4. The molecule has 31 nitrogen and oxygen atoms in total. The van der Waals surface area contributed by atoms with Gasteiger partial charge in [-0.25, -0.2) is 58.6 Å². The molecule has 0 saturated heterocycles. The number of alkyl halides is 2. The molecule has 128 heavy (non-hydrogen) atoms. The number of amides is 6. The minimum atomic E-state index is -2.75. The SMILES string of the molecule is CCc1c(N)ncnc1Nc1cc(C)c2c(c1)C1(CCCCC1)NC2=O.Cc1c(N)ncnc1Nc1cc(C(F)F)c2c(c1)C1(CCCCC1)NC2=O.Cc1cc(Nc2cc(N)ncn2)cc2c1C(=O)NC21CCCCC1.Cc1cc(Nc2ncncc2C(N)=O)cc2c1C(=O)NC21CCCCC1.Nc1ncnc(Nc2cc(Cl)c3c(c2)C2(CCCCC2)NC3=O)c1Cl. The van der Waals surface area contributed by atoms with Crippen LogP contribution >= 0.6 is 23.2 Å². The Morgan fingerprint density at radius 2 is 0.750 bits per heavy atom. The summed E-state index contributed by atoms with van der Waals surface area (Å²) in [5, 5.41) is 32.7. The zero-order valence-electron chi connectivity index (χ0n) is 72.1. The lowest BCUT2D eigenvalue weighted by Crippen LogP contribution is -2.40. The van der Waals surface area contributed by atoms with E-state index >= 15 is 0 Å². The highest BCUT2D eigenvalue weighted by molar-refractivity contribution is 6.36. The molecule has 0 bridgehead atoms. The number of benzene rings is 5. The lowest BCUT2D eigenvalue weighted by atomic mass is 9.77. The van der Waals surface area contributed by atoms with Gasteiger partial charge in [0.2, 0.25) is 0 Å². The number of carbonyl (C=O) groups is 6. The number of fused-ring (bicyclic) bond motifs is 10. The second-order valence-electron chi connectivity index (χ2n) is 35.0. The van der Waals surface area contributed by atoms with Crippen LogP contribution in [-0.2, 0) is 34.1 Å². The molecule has 20 rings (SSSR count). The van der Waals surface area contributed by atoms with Crippen molar-refractivity contribution < 1.29 is 37.5 Å². The Bertz CT molecular complexity index is 6050. The number of hydrogen-bond acceptors (Lipinski definition) is 25. The quantitative estimate of drug-likeness (QED) is 0.0510. The number of halogens is 4. The van der Waals surface area contributed by atoms with E-state index in [2.05, 4.69) is 115 Å². The fourth-order valence-corrected chi connectivity index (χ4v) is 21.1. The molecule has 5 spiro atoms. The van der Waals surface area contributed by atoms with E-state index in [1.165, 1.54) is 69.6 Å². The number of carbonyl (C=O) groups excluding carboxylic acids is 6. The van der Waals surface area contributed by atoms with Crippen LogP contribution in [0.5, 0.6) is 0 Å². The molecule has 5 aromatic carbocycles. The van der Waals surface area contributed by atoms with E-state index in [0.29, 0.717) is 73.8 Å². The van der Waals surface area contributed by atoms with Gasteiger partial charge >= 0.3 is 0 Å². The van der Waals surface area contributed by atoms with E-state index in [-0.39, 0.29) is 73.3 Å². The first-order chi connectivity index (χ1) is 61.5. The van der Waals surface area contributed by atoms with E-state index in [4.69, 9.17) is 51.9 Å². The average Bonchev–Trinajstić information content (AvgIpc) is 1.56. The Kier molecular flexibility index (Phi) is 25.1. The van der Waals surface area contributed by atoms with Crippen molar-refractivity contribution in [3.05, 3.63) is 209 Å². The van der Waals surface area contributed by atoms with E-state index in [1.54, 1.807) is 25.1 Å². The monoisotopic (exact) mass is 1780 g/mol. The molecule has 5 aliphatic carbocycles. The van der Waals surface area contributed by atoms with Gasteiger partial charge in [0.05, 0.1) is 43.8 Å². The van der Waals surface area contributed by atoms with Crippen LogP contribution in [0.2, 0.25) is 10.0 Å². The molecule has 10 heterocycles. The Labute approximate surface area is 749 Å². The second-order valence-corrected chi connectivity index (χ2v) is 35.8. The minimum absolute atomic E-state index is 0.00538. The van der Waals surface area contributed by atoms with Crippen molar-refractivity contribution in [2.24, 2.45) is 5.73 Å². The van der Waals surface area contributed by atoms with Gasteiger partial charge in [-0.2, -0.15) is 0 Å². The van der Waals surface area contributed by atoms with Crippen molar-refractivity contribution in [2.45, 2.75) is 236 Å². The smallest absolute Gasteiger partial charge is 0.264 e. The highest BCUT2D eigenvalue weighted by Crippen LogP contribution is 2.52. The summed E-state index contributed by atoms with van der Waals surface area (Å²) in [6, 6.07) is 20.6. The Balaban J connectivity index is 0.000000118. The number of rotatable bonds is 13. The fourth-order valence-electron chi connectivity index (χ4n) is 20.6. The Morgan fingerprint density at radius 3 is 1.20 bits per heavy atom. The summed E-state index contributed by atoms with van der Waals surface area (Å²) in [5.41, 5.74) is 43.4. The largest absolute Gasteiger partial charge is 0.384 e. The molecule has 10 aliphatic rings. The lowest BCUT2D eigenvalue weighted by molar-refractivity contribution is 0.0894. The molecular formula is C93H105Cl2F2N25O6. The Hall–Kier alpha value is -13.0. The number of primary amides is 1. The predicted octanol–water partition coefficient (Wildman–Crippen LogP) is 17.1. The molecular weight excluding hydrogens is 1670 g/mol. The highest BCUT2D eigenvalue weighted by Gasteiger charge is 2.50. The first-order valence-corrected chi connectivity index (χ1v) is 44.6. The molecule has 666 valence electrons. The highest BCUT2D eigenvalue weighted by atomic mass is 35.5. The molecule has 20 N–H and O–H groups in total. The van der Waals surface area contributed by atoms with E-state index in [0.717, 1.165) is 225 Å². The summed E-state index contributed by atoms with van der Waals surface area (Å²) in [6.45, 7) is 9.71. The van der Waals surface area contributed by atoms with Crippen LogP contribution < -0.4 is 81.8 Å². The number of nitrogens with one attached hydrogen (secondary N) is 10. The van der Waals surface area contributed by atoms with Crippen molar-refractivity contribution in [2.75, 3.05) is 49.5 Å². The third kappa shape index (κ3) is 17.4. The second kappa shape index (κ2) is 36.4. The van der Waals surface area contributed by atoms with E-state index in [9.17, 15) is 37.5 Å². The molecule has 5 saturated carbocycles. The number of nitrogen functional groups attached to an aromatic ring is 4. The van der Waals surface area contributed by atoms with Gasteiger partial charge in [-0.1, -0.05) is 126 Å². The molecule has 10 aromatic rings. The summed E-state index contributed by atoms with van der Waals surface area (Å²) < 4.78 is 27.5. The zero-order valence-corrected chi connectivity index (χ0v) is 73.6. The summed E-state index contributed by atoms with van der Waals surface area (Å²) in [6.07, 6.45) is 32.5. The number of nitrogens with two attached hydrogens (primary N) is 5. The summed E-state index contributed by atoms with van der Waals surface area (Å²) in [5.74, 6) is 3.08. The van der Waals surface area contributed by atoms with Crippen LogP contribution in [0.3, 0.4) is 0 Å². The van der Waals surface area contributed by atoms with Crippen LogP contribution in [0.4, 0.5) is 89.6 Å². The fraction of sp³-hybridized carbons (Fsp3) is 0.398. The molecule has 5 aliphatic heterocycles. The number of anilines is 14. The number of aromatic nitrogens is 10. The van der Waals surface area contributed by atoms with Gasteiger partial charge < -0.3 is 81.8 Å². The maximum atomic E-state index is 13.8. The number of aryl methyl sites for hydroxylation is 3. The Morgan fingerprint density at radius 1 is 0.398 bits per heavy atom. The molecule has 0 unspecified atom stereocenters. The van der Waals surface area contributed by atoms with Gasteiger partial charge in [0.1, 0.15) is 88.8 Å². The molecule has 5 aromatic heterocycles. The normalized spacial score (nSPS) is 17.9. The molecule has 6 amide bonds. The topological polar surface area (TPSA) is 482 Å². The van der Waals surface area contributed by atoms with Crippen molar-refractivity contribution in [1.29, 1.82) is 0 Å². The molecule has 0 radical (unpaired) electrons. The van der Waals surface area contributed by atoms with Crippen LogP contribution in [0.15, 0.2) is 105 Å². The zero-order chi connectivity index (χ0) is 90.1. The third-order valence-electron chi connectivity index (χ3n) is 26.8. The number of nitrogens with zero attached hydrogens (tertiary/aromatic N) is 10. The van der Waals surface area contributed by atoms with Crippen LogP contribution in [0.1, 0.15) is 297 Å².